The lowest BCUT2D eigenvalue weighted by Crippen LogP contribution is -2.39. The maximum Gasteiger partial charge on any atom is 0.166 e. The molecule has 1 aliphatic carbocycles. The monoisotopic (exact) mass is 372 g/mol. The highest BCUT2D eigenvalue weighted by Gasteiger charge is 2.36. The summed E-state index contributed by atoms with van der Waals surface area (Å²) in [4.78, 5) is 0. The van der Waals surface area contributed by atoms with Crippen molar-refractivity contribution in [2.45, 2.75) is 44.0 Å². The average Bonchev–Trinajstić information content (AvgIpc) is 2.69. The van der Waals surface area contributed by atoms with Crippen LogP contribution in [0.5, 0.6) is 0 Å². The largest absolute Gasteiger partial charge is 0.365 e. The summed E-state index contributed by atoms with van der Waals surface area (Å²) in [6.45, 7) is 0.753. The molecule has 0 spiro atoms. The van der Waals surface area contributed by atoms with Gasteiger partial charge < -0.3 is 14.0 Å². The molecule has 0 radical (unpaired) electrons. The van der Waals surface area contributed by atoms with Gasteiger partial charge in [0, 0.05) is 25.5 Å². The van der Waals surface area contributed by atoms with Crippen molar-refractivity contribution in [3.8, 4) is 0 Å². The summed E-state index contributed by atoms with van der Waals surface area (Å²) in [7, 11) is 0. The van der Waals surface area contributed by atoms with Crippen molar-refractivity contribution in [1.82, 2.24) is 0 Å². The minimum atomic E-state index is -1.05. The molecule has 1 N–H and O–H groups in total. The summed E-state index contributed by atoms with van der Waals surface area (Å²) in [5.41, 5.74) is 2.32. The van der Waals surface area contributed by atoms with Gasteiger partial charge in [-0.3, -0.25) is 0 Å². The van der Waals surface area contributed by atoms with Crippen LogP contribution >= 0.6 is 12.0 Å². The summed E-state index contributed by atoms with van der Waals surface area (Å²) in [5.74, 6) is -0.541. The van der Waals surface area contributed by atoms with E-state index in [1.807, 2.05) is 42.7 Å². The molecule has 3 nitrogen and oxygen atoms in total. The molecule has 140 valence electrons. The molecular weight excluding hydrogens is 344 g/mol. The Balaban J connectivity index is 1.68. The van der Waals surface area contributed by atoms with Crippen LogP contribution in [0.1, 0.15) is 42.9 Å². The lowest BCUT2D eigenvalue weighted by molar-refractivity contribution is -0.251. The van der Waals surface area contributed by atoms with Crippen LogP contribution < -0.4 is 0 Å². The number of rotatable bonds is 8. The van der Waals surface area contributed by atoms with Gasteiger partial charge in [0.2, 0.25) is 0 Å². The number of ether oxygens (including phenoxy) is 1. The molecule has 0 aliphatic heterocycles. The first-order chi connectivity index (χ1) is 12.7. The van der Waals surface area contributed by atoms with Crippen molar-refractivity contribution >= 4 is 12.0 Å². The second kappa shape index (κ2) is 9.56. The molecule has 4 heteroatoms. The van der Waals surface area contributed by atoms with Crippen LogP contribution in [0.4, 0.5) is 0 Å². The highest BCUT2D eigenvalue weighted by molar-refractivity contribution is 7.93. The molecular formula is C22H28O3S. The second-order valence-electron chi connectivity index (χ2n) is 7.05. The first-order valence-corrected chi connectivity index (χ1v) is 10.5. The van der Waals surface area contributed by atoms with E-state index in [-0.39, 0.29) is 6.10 Å². The highest BCUT2D eigenvalue weighted by Crippen LogP contribution is 2.38. The molecule has 0 heterocycles. The van der Waals surface area contributed by atoms with Gasteiger partial charge in [0.1, 0.15) is 0 Å². The van der Waals surface area contributed by atoms with Gasteiger partial charge in [0.15, 0.2) is 5.79 Å². The van der Waals surface area contributed by atoms with E-state index >= 15 is 0 Å². The highest BCUT2D eigenvalue weighted by atomic mass is 32.2. The van der Waals surface area contributed by atoms with Gasteiger partial charge >= 0.3 is 0 Å². The van der Waals surface area contributed by atoms with Gasteiger partial charge in [0.25, 0.3) is 0 Å². The Morgan fingerprint density at radius 2 is 1.65 bits per heavy atom. The standard InChI is InChI=1S/C22H28O3S/c1-26-24-17-19-12-14-22(23,15-13-19)25-21(20-10-6-3-7-11-20)16-18-8-4-2-5-9-18/h2-11,19,21,23H,12-17H2,1H3/t19?,21-,22?/m1/s1. The SMILES string of the molecule is CSOCC1CCC(O)(O[C@H](Cc2ccccc2)c2ccccc2)CC1. The van der Waals surface area contributed by atoms with Crippen molar-refractivity contribution in [3.05, 3.63) is 71.8 Å². The molecule has 1 atom stereocenters. The second-order valence-corrected chi connectivity index (χ2v) is 7.62. The van der Waals surface area contributed by atoms with Crippen molar-refractivity contribution in [3.63, 3.8) is 0 Å². The Labute approximate surface area is 160 Å². The number of benzene rings is 2. The van der Waals surface area contributed by atoms with E-state index < -0.39 is 5.79 Å². The first kappa shape index (κ1) is 19.4. The minimum absolute atomic E-state index is 0.150. The van der Waals surface area contributed by atoms with E-state index in [9.17, 15) is 5.11 Å². The molecule has 3 rings (SSSR count). The van der Waals surface area contributed by atoms with Crippen LogP contribution in [0.3, 0.4) is 0 Å². The third-order valence-electron chi connectivity index (χ3n) is 5.10. The first-order valence-electron chi connectivity index (χ1n) is 9.33. The summed E-state index contributed by atoms with van der Waals surface area (Å²) in [5, 5.41) is 11.1. The Kier molecular flexibility index (Phi) is 7.15. The van der Waals surface area contributed by atoms with Crippen LogP contribution in [0.15, 0.2) is 60.7 Å². The molecule has 0 unspecified atom stereocenters. The number of hydrogen-bond acceptors (Lipinski definition) is 4. The Bertz CT molecular complexity index is 639. The van der Waals surface area contributed by atoms with Gasteiger partial charge in [-0.05, 0) is 41.9 Å². The third-order valence-corrected chi connectivity index (χ3v) is 5.48. The molecule has 26 heavy (non-hydrogen) atoms. The predicted octanol–water partition coefficient (Wildman–Crippen LogP) is 5.16. The topological polar surface area (TPSA) is 38.7 Å². The van der Waals surface area contributed by atoms with Crippen molar-refractivity contribution in [2.75, 3.05) is 12.9 Å². The fraction of sp³-hybridized carbons (Fsp3) is 0.455. The van der Waals surface area contributed by atoms with E-state index in [0.29, 0.717) is 18.8 Å². The molecule has 0 saturated heterocycles. The fourth-order valence-electron chi connectivity index (χ4n) is 3.57. The molecule has 1 saturated carbocycles. The molecule has 1 aliphatic rings. The fourth-order valence-corrected chi connectivity index (χ4v) is 3.89. The summed E-state index contributed by atoms with van der Waals surface area (Å²) in [6, 6.07) is 20.5. The van der Waals surface area contributed by atoms with Gasteiger partial charge in [-0.1, -0.05) is 60.7 Å². The Morgan fingerprint density at radius 3 is 2.27 bits per heavy atom. The van der Waals surface area contributed by atoms with E-state index in [1.165, 1.54) is 17.6 Å². The Morgan fingerprint density at radius 1 is 1.04 bits per heavy atom. The van der Waals surface area contributed by atoms with Crippen LogP contribution in [-0.4, -0.2) is 23.8 Å². The molecule has 2 aromatic carbocycles. The van der Waals surface area contributed by atoms with Crippen molar-refractivity contribution < 1.29 is 14.0 Å². The van der Waals surface area contributed by atoms with Gasteiger partial charge in [-0.2, -0.15) is 0 Å². The number of aliphatic hydroxyl groups is 1. The number of hydrogen-bond donors (Lipinski definition) is 1. The van der Waals surface area contributed by atoms with Crippen LogP contribution in [0, 0.1) is 5.92 Å². The third kappa shape index (κ3) is 5.58. The maximum absolute atomic E-state index is 11.1. The van der Waals surface area contributed by atoms with E-state index in [2.05, 4.69) is 24.3 Å². The summed E-state index contributed by atoms with van der Waals surface area (Å²) < 4.78 is 11.8. The summed E-state index contributed by atoms with van der Waals surface area (Å²) >= 11 is 1.41. The molecule has 0 aromatic heterocycles. The van der Waals surface area contributed by atoms with Crippen LogP contribution in [-0.2, 0) is 15.3 Å². The van der Waals surface area contributed by atoms with Gasteiger partial charge in [-0.15, -0.1) is 0 Å². The average molecular weight is 373 g/mol. The predicted molar refractivity (Wildman–Crippen MR) is 107 cm³/mol. The molecule has 1 fully saturated rings. The normalized spacial score (nSPS) is 24.3. The van der Waals surface area contributed by atoms with Gasteiger partial charge in [-0.25, -0.2) is 0 Å². The lowest BCUT2D eigenvalue weighted by atomic mass is 9.85. The maximum atomic E-state index is 11.1. The zero-order valence-electron chi connectivity index (χ0n) is 15.3. The molecule has 2 aromatic rings. The molecule has 0 amide bonds. The van der Waals surface area contributed by atoms with Crippen molar-refractivity contribution in [1.29, 1.82) is 0 Å². The lowest BCUT2D eigenvalue weighted by Gasteiger charge is -2.38. The summed E-state index contributed by atoms with van der Waals surface area (Å²) in [6.07, 6.45) is 5.74. The zero-order chi connectivity index (χ0) is 18.2. The molecule has 0 bridgehead atoms. The van der Waals surface area contributed by atoms with E-state index in [1.54, 1.807) is 0 Å². The van der Waals surface area contributed by atoms with E-state index in [0.717, 1.165) is 31.4 Å². The smallest absolute Gasteiger partial charge is 0.166 e. The quantitative estimate of drug-likeness (QED) is 0.513. The van der Waals surface area contributed by atoms with Crippen LogP contribution in [0.2, 0.25) is 0 Å². The van der Waals surface area contributed by atoms with Crippen LogP contribution in [0.25, 0.3) is 0 Å². The zero-order valence-corrected chi connectivity index (χ0v) is 16.2. The minimum Gasteiger partial charge on any atom is -0.365 e. The van der Waals surface area contributed by atoms with Gasteiger partial charge in [0.05, 0.1) is 12.7 Å². The van der Waals surface area contributed by atoms with Crippen molar-refractivity contribution in [2.24, 2.45) is 5.92 Å². The van der Waals surface area contributed by atoms with E-state index in [4.69, 9.17) is 8.92 Å². The Hall–Kier alpha value is -1.33.